The molecule has 0 radical (unpaired) electrons. The van der Waals surface area contributed by atoms with Gasteiger partial charge in [0, 0.05) is 19.5 Å². The van der Waals surface area contributed by atoms with E-state index in [1.807, 2.05) is 6.92 Å². The average molecular weight is 258 g/mol. The Labute approximate surface area is 109 Å². The number of carbonyl (C=O) groups is 2. The van der Waals surface area contributed by atoms with E-state index in [9.17, 15) is 9.59 Å². The summed E-state index contributed by atoms with van der Waals surface area (Å²) >= 11 is 0. The Bertz CT molecular complexity index is 244. The van der Waals surface area contributed by atoms with E-state index in [0.29, 0.717) is 19.5 Å². The van der Waals surface area contributed by atoms with E-state index < -0.39 is 5.97 Å². The lowest BCUT2D eigenvalue weighted by molar-refractivity contribution is -0.137. The zero-order valence-corrected chi connectivity index (χ0v) is 11.5. The molecule has 5 heteroatoms. The molecule has 0 heterocycles. The van der Waals surface area contributed by atoms with Gasteiger partial charge < -0.3 is 15.7 Å². The Morgan fingerprint density at radius 3 is 2.50 bits per heavy atom. The van der Waals surface area contributed by atoms with Crippen molar-refractivity contribution in [3.05, 3.63) is 0 Å². The van der Waals surface area contributed by atoms with Crippen LogP contribution in [0.3, 0.4) is 0 Å². The van der Waals surface area contributed by atoms with Crippen LogP contribution in [0.25, 0.3) is 0 Å². The molecule has 0 rings (SSSR count). The fourth-order valence-electron chi connectivity index (χ4n) is 1.56. The molecule has 0 saturated carbocycles. The second kappa shape index (κ2) is 10.9. The van der Waals surface area contributed by atoms with Crippen LogP contribution in [-0.4, -0.2) is 30.2 Å². The smallest absolute Gasteiger partial charge is 0.314 e. The van der Waals surface area contributed by atoms with Gasteiger partial charge >= 0.3 is 12.0 Å². The zero-order valence-electron chi connectivity index (χ0n) is 11.5. The third-order valence-corrected chi connectivity index (χ3v) is 2.78. The molecule has 1 atom stereocenters. The van der Waals surface area contributed by atoms with Crippen molar-refractivity contribution in [2.75, 3.05) is 13.1 Å². The first-order valence-corrected chi connectivity index (χ1v) is 6.79. The number of carboxylic acids is 1. The summed E-state index contributed by atoms with van der Waals surface area (Å²) in [5.74, 6) is -0.603. The fourth-order valence-corrected chi connectivity index (χ4v) is 1.56. The SMILES string of the molecule is CCCCCCNC(=O)NCC(C)CCC(=O)O. The highest BCUT2D eigenvalue weighted by Gasteiger charge is 2.07. The number of amides is 2. The first-order chi connectivity index (χ1) is 8.56. The molecular formula is C13H26N2O3. The maximum Gasteiger partial charge on any atom is 0.314 e. The zero-order chi connectivity index (χ0) is 13.8. The molecule has 0 fully saturated rings. The van der Waals surface area contributed by atoms with E-state index in [0.717, 1.165) is 12.8 Å². The Balaban J connectivity index is 3.43. The van der Waals surface area contributed by atoms with Crippen LogP contribution in [-0.2, 0) is 4.79 Å². The summed E-state index contributed by atoms with van der Waals surface area (Å²) in [6, 6.07) is -0.159. The molecule has 0 saturated heterocycles. The second-order valence-corrected chi connectivity index (χ2v) is 4.74. The van der Waals surface area contributed by atoms with Crippen molar-refractivity contribution >= 4 is 12.0 Å². The van der Waals surface area contributed by atoms with Crippen molar-refractivity contribution in [2.45, 2.75) is 52.4 Å². The molecule has 0 aliphatic carbocycles. The second-order valence-electron chi connectivity index (χ2n) is 4.74. The highest BCUT2D eigenvalue weighted by molar-refractivity contribution is 5.73. The van der Waals surface area contributed by atoms with Crippen molar-refractivity contribution in [1.29, 1.82) is 0 Å². The summed E-state index contributed by atoms with van der Waals surface area (Å²) in [4.78, 5) is 21.7. The monoisotopic (exact) mass is 258 g/mol. The van der Waals surface area contributed by atoms with E-state index in [-0.39, 0.29) is 18.4 Å². The van der Waals surface area contributed by atoms with Crippen LogP contribution in [0, 0.1) is 5.92 Å². The van der Waals surface area contributed by atoms with Gasteiger partial charge in [0.2, 0.25) is 0 Å². The number of rotatable bonds is 10. The third kappa shape index (κ3) is 11.2. The standard InChI is InChI=1S/C13H26N2O3/c1-3-4-5-6-9-14-13(18)15-10-11(2)7-8-12(16)17/h11H,3-10H2,1-2H3,(H,16,17)(H2,14,15,18). The molecule has 0 aliphatic heterocycles. The normalized spacial score (nSPS) is 11.9. The summed E-state index contributed by atoms with van der Waals surface area (Å²) in [6.45, 7) is 5.31. The van der Waals surface area contributed by atoms with Crippen LogP contribution in [0.2, 0.25) is 0 Å². The molecule has 0 aliphatic rings. The molecule has 3 N–H and O–H groups in total. The topological polar surface area (TPSA) is 78.4 Å². The molecule has 5 nitrogen and oxygen atoms in total. The summed E-state index contributed by atoms with van der Waals surface area (Å²) in [6.07, 6.45) is 5.29. The van der Waals surface area contributed by atoms with Gasteiger partial charge in [0.25, 0.3) is 0 Å². The third-order valence-electron chi connectivity index (χ3n) is 2.78. The van der Waals surface area contributed by atoms with Gasteiger partial charge in [-0.15, -0.1) is 0 Å². The average Bonchev–Trinajstić information content (AvgIpc) is 2.33. The maximum absolute atomic E-state index is 11.4. The van der Waals surface area contributed by atoms with Crippen molar-refractivity contribution in [3.63, 3.8) is 0 Å². The Hall–Kier alpha value is -1.26. The Kier molecular flexibility index (Phi) is 10.1. The van der Waals surface area contributed by atoms with Gasteiger partial charge in [-0.25, -0.2) is 4.79 Å². The number of hydrogen-bond donors (Lipinski definition) is 3. The Morgan fingerprint density at radius 1 is 1.17 bits per heavy atom. The molecular weight excluding hydrogens is 232 g/mol. The van der Waals surface area contributed by atoms with Gasteiger partial charge in [0.15, 0.2) is 0 Å². The summed E-state index contributed by atoms with van der Waals surface area (Å²) < 4.78 is 0. The van der Waals surface area contributed by atoms with Crippen LogP contribution in [0.1, 0.15) is 52.4 Å². The predicted octanol–water partition coefficient (Wildman–Crippen LogP) is 2.37. The van der Waals surface area contributed by atoms with Gasteiger partial charge in [-0.05, 0) is 18.8 Å². The van der Waals surface area contributed by atoms with Crippen molar-refractivity contribution in [1.82, 2.24) is 10.6 Å². The molecule has 0 aromatic carbocycles. The minimum absolute atomic E-state index is 0.154. The first-order valence-electron chi connectivity index (χ1n) is 6.79. The fraction of sp³-hybridized carbons (Fsp3) is 0.846. The van der Waals surface area contributed by atoms with E-state index in [4.69, 9.17) is 5.11 Å². The first kappa shape index (κ1) is 16.7. The number of hydrogen-bond acceptors (Lipinski definition) is 2. The van der Waals surface area contributed by atoms with Crippen molar-refractivity contribution in [2.24, 2.45) is 5.92 Å². The van der Waals surface area contributed by atoms with Crippen molar-refractivity contribution < 1.29 is 14.7 Å². The van der Waals surface area contributed by atoms with Crippen LogP contribution >= 0.6 is 0 Å². The molecule has 1 unspecified atom stereocenters. The Morgan fingerprint density at radius 2 is 1.89 bits per heavy atom. The minimum atomic E-state index is -0.790. The van der Waals surface area contributed by atoms with Gasteiger partial charge in [-0.2, -0.15) is 0 Å². The summed E-state index contributed by atoms with van der Waals surface area (Å²) in [7, 11) is 0. The maximum atomic E-state index is 11.4. The van der Waals surface area contributed by atoms with Crippen LogP contribution in [0.15, 0.2) is 0 Å². The molecule has 0 aromatic rings. The van der Waals surface area contributed by atoms with Crippen molar-refractivity contribution in [3.8, 4) is 0 Å². The van der Waals surface area contributed by atoms with Gasteiger partial charge in [0.05, 0.1) is 0 Å². The lowest BCUT2D eigenvalue weighted by Gasteiger charge is -2.12. The molecule has 0 spiro atoms. The van der Waals surface area contributed by atoms with Crippen LogP contribution in [0.5, 0.6) is 0 Å². The van der Waals surface area contributed by atoms with E-state index in [2.05, 4.69) is 17.6 Å². The number of nitrogens with one attached hydrogen (secondary N) is 2. The largest absolute Gasteiger partial charge is 0.481 e. The number of carbonyl (C=O) groups excluding carboxylic acids is 1. The summed E-state index contributed by atoms with van der Waals surface area (Å²) in [5.41, 5.74) is 0. The summed E-state index contributed by atoms with van der Waals surface area (Å²) in [5, 5.41) is 14.1. The number of urea groups is 1. The molecule has 0 bridgehead atoms. The van der Waals surface area contributed by atoms with Crippen LogP contribution in [0.4, 0.5) is 4.79 Å². The minimum Gasteiger partial charge on any atom is -0.481 e. The number of unbranched alkanes of at least 4 members (excludes halogenated alkanes) is 3. The van der Waals surface area contributed by atoms with Gasteiger partial charge in [0.1, 0.15) is 0 Å². The highest BCUT2D eigenvalue weighted by atomic mass is 16.4. The highest BCUT2D eigenvalue weighted by Crippen LogP contribution is 2.03. The molecule has 2 amide bonds. The molecule has 106 valence electrons. The van der Waals surface area contributed by atoms with E-state index >= 15 is 0 Å². The number of carboxylic acid groups (broad SMARTS) is 1. The van der Waals surface area contributed by atoms with Gasteiger partial charge in [-0.3, -0.25) is 4.79 Å². The quantitative estimate of drug-likeness (QED) is 0.526. The van der Waals surface area contributed by atoms with E-state index in [1.54, 1.807) is 0 Å². The lowest BCUT2D eigenvalue weighted by Crippen LogP contribution is -2.38. The van der Waals surface area contributed by atoms with Gasteiger partial charge in [-0.1, -0.05) is 33.1 Å². The number of aliphatic carboxylic acids is 1. The predicted molar refractivity (Wildman–Crippen MR) is 71.6 cm³/mol. The molecule has 18 heavy (non-hydrogen) atoms. The van der Waals surface area contributed by atoms with Crippen LogP contribution < -0.4 is 10.6 Å². The van der Waals surface area contributed by atoms with E-state index in [1.165, 1.54) is 12.8 Å². The lowest BCUT2D eigenvalue weighted by atomic mass is 10.1. The molecule has 0 aromatic heterocycles.